The third-order valence-electron chi connectivity index (χ3n) is 3.23. The van der Waals surface area contributed by atoms with Crippen molar-refractivity contribution in [2.45, 2.75) is 13.5 Å². The molecule has 21 heavy (non-hydrogen) atoms. The third kappa shape index (κ3) is 3.51. The Bertz CT molecular complexity index is 614. The Morgan fingerprint density at radius 3 is 2.62 bits per heavy atom. The van der Waals surface area contributed by atoms with Crippen LogP contribution in [0.4, 0.5) is 0 Å². The van der Waals surface area contributed by atoms with E-state index < -0.39 is 0 Å². The van der Waals surface area contributed by atoms with Crippen molar-refractivity contribution in [3.8, 4) is 11.5 Å². The van der Waals surface area contributed by atoms with Gasteiger partial charge in [-0.25, -0.2) is 0 Å². The number of aromatic nitrogens is 1. The number of methoxy groups -OCH3 is 1. The first-order valence-electron chi connectivity index (χ1n) is 6.71. The number of hydrogen-bond acceptors (Lipinski definition) is 4. The van der Waals surface area contributed by atoms with Crippen LogP contribution in [0.5, 0.6) is 11.5 Å². The van der Waals surface area contributed by atoms with E-state index in [0.29, 0.717) is 18.8 Å². The van der Waals surface area contributed by atoms with Gasteiger partial charge in [-0.15, -0.1) is 0 Å². The van der Waals surface area contributed by atoms with E-state index in [1.54, 1.807) is 29.4 Å². The number of aromatic hydroxyl groups is 1. The molecule has 5 nitrogen and oxygen atoms in total. The van der Waals surface area contributed by atoms with Crippen molar-refractivity contribution in [2.75, 3.05) is 13.7 Å². The summed E-state index contributed by atoms with van der Waals surface area (Å²) in [6, 6.07) is 8.35. The lowest BCUT2D eigenvalue weighted by atomic mass is 10.1. The highest BCUT2D eigenvalue weighted by Gasteiger charge is 2.18. The van der Waals surface area contributed by atoms with Crippen molar-refractivity contribution >= 4 is 5.91 Å². The molecule has 0 unspecified atom stereocenters. The van der Waals surface area contributed by atoms with Gasteiger partial charge in [0.2, 0.25) is 0 Å². The van der Waals surface area contributed by atoms with E-state index in [2.05, 4.69) is 4.98 Å². The molecule has 0 bridgehead atoms. The summed E-state index contributed by atoms with van der Waals surface area (Å²) in [6.45, 7) is 2.91. The predicted molar refractivity (Wildman–Crippen MR) is 79.3 cm³/mol. The zero-order valence-electron chi connectivity index (χ0n) is 12.1. The van der Waals surface area contributed by atoms with Crippen LogP contribution < -0.4 is 4.74 Å². The van der Waals surface area contributed by atoms with E-state index in [9.17, 15) is 9.90 Å². The lowest BCUT2D eigenvalue weighted by molar-refractivity contribution is 0.0749. The van der Waals surface area contributed by atoms with Gasteiger partial charge in [0.05, 0.1) is 12.7 Å². The second-order valence-electron chi connectivity index (χ2n) is 4.56. The third-order valence-corrected chi connectivity index (χ3v) is 3.23. The number of benzene rings is 1. The van der Waals surface area contributed by atoms with Gasteiger partial charge in [0.15, 0.2) is 0 Å². The molecule has 1 aromatic heterocycles. The molecule has 0 aliphatic heterocycles. The minimum Gasteiger partial charge on any atom is -0.507 e. The van der Waals surface area contributed by atoms with Crippen LogP contribution in [0.25, 0.3) is 0 Å². The molecule has 0 spiro atoms. The monoisotopic (exact) mass is 286 g/mol. The van der Waals surface area contributed by atoms with Gasteiger partial charge in [0.25, 0.3) is 5.91 Å². The molecule has 0 aliphatic carbocycles. The molecule has 2 rings (SSSR count). The van der Waals surface area contributed by atoms with Gasteiger partial charge in [0.1, 0.15) is 11.5 Å². The van der Waals surface area contributed by atoms with Crippen LogP contribution in [0.15, 0.2) is 42.7 Å². The second-order valence-corrected chi connectivity index (χ2v) is 4.56. The standard InChI is InChI=1S/C16H18N2O3/c1-3-18(11-12-6-8-17-9-7-12)16(20)14-10-13(21-2)4-5-15(14)19/h4-10,19H,3,11H2,1-2H3. The fourth-order valence-electron chi connectivity index (χ4n) is 2.02. The average Bonchev–Trinajstić information content (AvgIpc) is 2.53. The van der Waals surface area contributed by atoms with Crippen molar-refractivity contribution in [1.29, 1.82) is 0 Å². The van der Waals surface area contributed by atoms with Crippen LogP contribution >= 0.6 is 0 Å². The molecular formula is C16H18N2O3. The molecule has 0 radical (unpaired) electrons. The summed E-state index contributed by atoms with van der Waals surface area (Å²) in [6.07, 6.45) is 3.38. The zero-order chi connectivity index (χ0) is 15.2. The zero-order valence-corrected chi connectivity index (χ0v) is 12.1. The second kappa shape index (κ2) is 6.74. The van der Waals surface area contributed by atoms with Crippen LogP contribution in [-0.4, -0.2) is 34.6 Å². The molecule has 0 saturated heterocycles. The predicted octanol–water partition coefficient (Wildman–Crippen LogP) is 2.46. The molecule has 0 fully saturated rings. The number of amides is 1. The molecule has 110 valence electrons. The molecule has 0 atom stereocenters. The first-order chi connectivity index (χ1) is 10.2. The Balaban J connectivity index is 2.24. The number of phenolic OH excluding ortho intramolecular Hbond substituents is 1. The first kappa shape index (κ1) is 14.8. The van der Waals surface area contributed by atoms with E-state index in [1.165, 1.54) is 13.2 Å². The van der Waals surface area contributed by atoms with Crippen LogP contribution in [0.2, 0.25) is 0 Å². The van der Waals surface area contributed by atoms with Gasteiger partial charge >= 0.3 is 0 Å². The van der Waals surface area contributed by atoms with Gasteiger partial charge in [-0.3, -0.25) is 9.78 Å². The SMILES string of the molecule is CCN(Cc1ccncc1)C(=O)c1cc(OC)ccc1O. The van der Waals surface area contributed by atoms with Crippen molar-refractivity contribution in [1.82, 2.24) is 9.88 Å². The Hall–Kier alpha value is -2.56. The molecule has 0 saturated carbocycles. The minimum atomic E-state index is -0.231. The van der Waals surface area contributed by atoms with Gasteiger partial charge < -0.3 is 14.7 Å². The summed E-state index contributed by atoms with van der Waals surface area (Å²) >= 11 is 0. The Kier molecular flexibility index (Phi) is 4.77. The molecule has 1 N–H and O–H groups in total. The molecule has 2 aromatic rings. The highest BCUT2D eigenvalue weighted by atomic mass is 16.5. The van der Waals surface area contributed by atoms with Crippen LogP contribution in [0.3, 0.4) is 0 Å². The Morgan fingerprint density at radius 2 is 2.00 bits per heavy atom. The quantitative estimate of drug-likeness (QED) is 0.917. The van der Waals surface area contributed by atoms with Gasteiger partial charge in [-0.1, -0.05) is 0 Å². The fraction of sp³-hybridized carbons (Fsp3) is 0.250. The largest absolute Gasteiger partial charge is 0.507 e. The summed E-state index contributed by atoms with van der Waals surface area (Å²) < 4.78 is 5.10. The van der Waals surface area contributed by atoms with Crippen molar-refractivity contribution in [2.24, 2.45) is 0 Å². The smallest absolute Gasteiger partial charge is 0.258 e. The molecule has 0 aliphatic rings. The van der Waals surface area contributed by atoms with Crippen LogP contribution in [-0.2, 0) is 6.54 Å². The van der Waals surface area contributed by atoms with Gasteiger partial charge in [-0.05, 0) is 42.8 Å². The summed E-state index contributed by atoms with van der Waals surface area (Å²) in [5.41, 5.74) is 1.23. The van der Waals surface area contributed by atoms with Gasteiger partial charge in [0, 0.05) is 25.5 Å². The van der Waals surface area contributed by atoms with E-state index in [0.717, 1.165) is 5.56 Å². The average molecular weight is 286 g/mol. The summed E-state index contributed by atoms with van der Waals surface area (Å²) in [5.74, 6) is 0.260. The van der Waals surface area contributed by atoms with Crippen LogP contribution in [0, 0.1) is 0 Å². The first-order valence-corrected chi connectivity index (χ1v) is 6.71. The number of ether oxygens (including phenoxy) is 1. The topological polar surface area (TPSA) is 62.7 Å². The number of pyridine rings is 1. The number of nitrogens with zero attached hydrogens (tertiary/aromatic N) is 2. The molecule has 1 amide bonds. The minimum absolute atomic E-state index is 0.0472. The van der Waals surface area contributed by atoms with Gasteiger partial charge in [-0.2, -0.15) is 0 Å². The number of rotatable bonds is 5. The summed E-state index contributed by atoms with van der Waals surface area (Å²) in [4.78, 5) is 18.2. The lowest BCUT2D eigenvalue weighted by Crippen LogP contribution is -2.30. The highest BCUT2D eigenvalue weighted by Crippen LogP contribution is 2.24. The van der Waals surface area contributed by atoms with E-state index in [1.807, 2.05) is 19.1 Å². The van der Waals surface area contributed by atoms with Crippen LogP contribution in [0.1, 0.15) is 22.8 Å². The Morgan fingerprint density at radius 1 is 1.29 bits per heavy atom. The highest BCUT2D eigenvalue weighted by molar-refractivity contribution is 5.97. The molecule has 1 aromatic carbocycles. The maximum absolute atomic E-state index is 12.6. The lowest BCUT2D eigenvalue weighted by Gasteiger charge is -2.21. The van der Waals surface area contributed by atoms with E-state index in [4.69, 9.17) is 4.74 Å². The van der Waals surface area contributed by atoms with Crippen molar-refractivity contribution < 1.29 is 14.6 Å². The maximum atomic E-state index is 12.6. The number of carbonyl (C=O) groups is 1. The number of carbonyl (C=O) groups excluding carboxylic acids is 1. The number of hydrogen-bond donors (Lipinski definition) is 1. The van der Waals surface area contributed by atoms with Crippen molar-refractivity contribution in [3.63, 3.8) is 0 Å². The van der Waals surface area contributed by atoms with Crippen molar-refractivity contribution in [3.05, 3.63) is 53.9 Å². The number of phenols is 1. The molecular weight excluding hydrogens is 268 g/mol. The van der Waals surface area contributed by atoms with E-state index >= 15 is 0 Å². The normalized spacial score (nSPS) is 10.2. The molecule has 1 heterocycles. The Labute approximate surface area is 123 Å². The fourth-order valence-corrected chi connectivity index (χ4v) is 2.02. The maximum Gasteiger partial charge on any atom is 0.258 e. The summed E-state index contributed by atoms with van der Waals surface area (Å²) in [5, 5.41) is 9.90. The summed E-state index contributed by atoms with van der Waals surface area (Å²) in [7, 11) is 1.52. The van der Waals surface area contributed by atoms with E-state index in [-0.39, 0.29) is 17.2 Å². The molecule has 5 heteroatoms.